The van der Waals surface area contributed by atoms with Crippen molar-refractivity contribution in [2.75, 3.05) is 5.73 Å². The van der Waals surface area contributed by atoms with Crippen LogP contribution in [0.5, 0.6) is 0 Å². The number of hydrogen-bond donors (Lipinski definition) is 1. The molecule has 0 fully saturated rings. The van der Waals surface area contributed by atoms with Gasteiger partial charge in [-0.1, -0.05) is 6.07 Å². The first kappa shape index (κ1) is 7.56. The largest absolute Gasteiger partial charge is 0.398 e. The van der Waals surface area contributed by atoms with Crippen LogP contribution in [0.2, 0.25) is 0 Å². The van der Waals surface area contributed by atoms with E-state index in [9.17, 15) is 0 Å². The van der Waals surface area contributed by atoms with E-state index in [4.69, 9.17) is 11.0 Å². The Hall–Kier alpha value is -2.08. The number of rotatable bonds is 0. The second kappa shape index (κ2) is 2.76. The van der Waals surface area contributed by atoms with Crippen LogP contribution in [0.1, 0.15) is 5.56 Å². The number of nitrogens with zero attached hydrogens (tertiary/aromatic N) is 2. The zero-order chi connectivity index (χ0) is 9.26. The van der Waals surface area contributed by atoms with Crippen molar-refractivity contribution in [3.05, 3.63) is 36.0 Å². The Labute approximate surface area is 75.4 Å². The van der Waals surface area contributed by atoms with Gasteiger partial charge in [0, 0.05) is 11.6 Å². The predicted molar refractivity (Wildman–Crippen MR) is 50.9 cm³/mol. The Kier molecular flexibility index (Phi) is 1.60. The van der Waals surface area contributed by atoms with Gasteiger partial charge in [0.1, 0.15) is 6.07 Å². The third kappa shape index (κ3) is 1.18. The van der Waals surface area contributed by atoms with Crippen LogP contribution in [0.15, 0.2) is 30.5 Å². The van der Waals surface area contributed by atoms with Crippen LogP contribution in [-0.2, 0) is 0 Å². The lowest BCUT2D eigenvalue weighted by Crippen LogP contribution is -1.90. The highest BCUT2D eigenvalue weighted by molar-refractivity contribution is 5.84. The Bertz CT molecular complexity index is 497. The molecule has 0 radical (unpaired) electrons. The van der Waals surface area contributed by atoms with Gasteiger partial charge in [0.2, 0.25) is 0 Å². The maximum absolute atomic E-state index is 8.73. The Morgan fingerprint density at radius 1 is 1.38 bits per heavy atom. The van der Waals surface area contributed by atoms with Crippen LogP contribution in [0.25, 0.3) is 10.9 Å². The monoisotopic (exact) mass is 169 g/mol. The lowest BCUT2D eigenvalue weighted by atomic mass is 10.1. The van der Waals surface area contributed by atoms with Crippen molar-refractivity contribution >= 4 is 16.6 Å². The molecule has 0 unspecified atom stereocenters. The van der Waals surface area contributed by atoms with Gasteiger partial charge in [0.25, 0.3) is 0 Å². The molecule has 3 nitrogen and oxygen atoms in total. The van der Waals surface area contributed by atoms with Gasteiger partial charge in [-0.15, -0.1) is 0 Å². The Morgan fingerprint density at radius 3 is 3.00 bits per heavy atom. The molecule has 0 bridgehead atoms. The van der Waals surface area contributed by atoms with Crippen molar-refractivity contribution in [3.8, 4) is 6.07 Å². The van der Waals surface area contributed by atoms with E-state index < -0.39 is 0 Å². The highest BCUT2D eigenvalue weighted by Gasteiger charge is 2.00. The molecular weight excluding hydrogens is 162 g/mol. The lowest BCUT2D eigenvalue weighted by Gasteiger charge is -1.99. The van der Waals surface area contributed by atoms with E-state index >= 15 is 0 Å². The van der Waals surface area contributed by atoms with Crippen LogP contribution >= 0.6 is 0 Å². The molecule has 0 aliphatic rings. The minimum atomic E-state index is 0.480. The number of aromatic nitrogens is 1. The first-order chi connectivity index (χ1) is 6.31. The van der Waals surface area contributed by atoms with Crippen LogP contribution in [0, 0.1) is 11.3 Å². The van der Waals surface area contributed by atoms with Crippen molar-refractivity contribution < 1.29 is 0 Å². The van der Waals surface area contributed by atoms with E-state index in [1.54, 1.807) is 18.3 Å². The van der Waals surface area contributed by atoms with E-state index in [1.807, 2.05) is 18.2 Å². The summed E-state index contributed by atoms with van der Waals surface area (Å²) in [6, 6.07) is 9.24. The highest BCUT2D eigenvalue weighted by atomic mass is 14.7. The van der Waals surface area contributed by atoms with Crippen molar-refractivity contribution in [1.82, 2.24) is 4.98 Å². The van der Waals surface area contributed by atoms with Gasteiger partial charge >= 0.3 is 0 Å². The van der Waals surface area contributed by atoms with Gasteiger partial charge in [-0.3, -0.25) is 4.98 Å². The number of fused-ring (bicyclic) bond motifs is 1. The number of benzene rings is 1. The quantitative estimate of drug-likeness (QED) is 0.610. The molecule has 13 heavy (non-hydrogen) atoms. The van der Waals surface area contributed by atoms with E-state index in [0.29, 0.717) is 11.3 Å². The Morgan fingerprint density at radius 2 is 2.23 bits per heavy atom. The fraction of sp³-hybridized carbons (Fsp3) is 0. The standard InChI is InChI=1S/C10H7N3/c11-6-8-4-7-2-1-3-13-10(7)5-9(8)12/h1-5H,12H2. The second-order valence-corrected chi connectivity index (χ2v) is 2.75. The molecule has 1 aromatic heterocycles. The van der Waals surface area contributed by atoms with Gasteiger partial charge in [0.05, 0.1) is 16.8 Å². The molecule has 2 rings (SSSR count). The average Bonchev–Trinajstić information content (AvgIpc) is 2.17. The Balaban J connectivity index is 2.83. The number of pyridine rings is 1. The first-order valence-corrected chi connectivity index (χ1v) is 3.85. The van der Waals surface area contributed by atoms with Gasteiger partial charge in [-0.05, 0) is 18.2 Å². The van der Waals surface area contributed by atoms with Gasteiger partial charge in [-0.25, -0.2) is 0 Å². The first-order valence-electron chi connectivity index (χ1n) is 3.85. The van der Waals surface area contributed by atoms with Crippen LogP contribution < -0.4 is 5.73 Å². The molecule has 0 aliphatic heterocycles. The molecule has 0 spiro atoms. The summed E-state index contributed by atoms with van der Waals surface area (Å²) < 4.78 is 0. The van der Waals surface area contributed by atoms with Crippen molar-refractivity contribution in [1.29, 1.82) is 5.26 Å². The number of anilines is 1. The fourth-order valence-corrected chi connectivity index (χ4v) is 1.23. The summed E-state index contributed by atoms with van der Waals surface area (Å²) in [6.07, 6.45) is 1.70. The number of hydrogen-bond acceptors (Lipinski definition) is 3. The average molecular weight is 169 g/mol. The number of nitrogens with two attached hydrogens (primary N) is 1. The lowest BCUT2D eigenvalue weighted by molar-refractivity contribution is 1.41. The van der Waals surface area contributed by atoms with E-state index in [2.05, 4.69) is 4.98 Å². The summed E-state index contributed by atoms with van der Waals surface area (Å²) in [5.74, 6) is 0. The fourth-order valence-electron chi connectivity index (χ4n) is 1.23. The molecule has 0 saturated heterocycles. The normalized spacial score (nSPS) is 9.77. The van der Waals surface area contributed by atoms with Crippen LogP contribution in [-0.4, -0.2) is 4.98 Å². The number of nitriles is 1. The summed E-state index contributed by atoms with van der Waals surface area (Å²) in [7, 11) is 0. The van der Waals surface area contributed by atoms with Crippen molar-refractivity contribution in [3.63, 3.8) is 0 Å². The SMILES string of the molecule is N#Cc1cc2cccnc2cc1N. The summed E-state index contributed by atoms with van der Waals surface area (Å²) in [5.41, 5.74) is 7.43. The second-order valence-electron chi connectivity index (χ2n) is 2.75. The maximum Gasteiger partial charge on any atom is 0.101 e. The zero-order valence-corrected chi connectivity index (χ0v) is 6.86. The highest BCUT2D eigenvalue weighted by Crippen LogP contribution is 2.18. The van der Waals surface area contributed by atoms with Crippen LogP contribution in [0.3, 0.4) is 0 Å². The van der Waals surface area contributed by atoms with Crippen molar-refractivity contribution in [2.45, 2.75) is 0 Å². The third-order valence-corrected chi connectivity index (χ3v) is 1.89. The maximum atomic E-state index is 8.73. The molecular formula is C10H7N3. The predicted octanol–water partition coefficient (Wildman–Crippen LogP) is 1.69. The molecule has 1 aromatic carbocycles. The van der Waals surface area contributed by atoms with Crippen LogP contribution in [0.4, 0.5) is 5.69 Å². The van der Waals surface area contributed by atoms with Gasteiger partial charge in [-0.2, -0.15) is 5.26 Å². The molecule has 0 saturated carbocycles. The topological polar surface area (TPSA) is 62.7 Å². The number of nitrogen functional groups attached to an aromatic ring is 1. The minimum absolute atomic E-state index is 0.480. The van der Waals surface area contributed by atoms with E-state index in [-0.39, 0.29) is 0 Å². The summed E-state index contributed by atoms with van der Waals surface area (Å²) in [5, 5.41) is 9.67. The van der Waals surface area contributed by atoms with E-state index in [0.717, 1.165) is 10.9 Å². The van der Waals surface area contributed by atoms with Gasteiger partial charge < -0.3 is 5.73 Å². The summed E-state index contributed by atoms with van der Waals surface area (Å²) in [4.78, 5) is 4.13. The molecule has 0 atom stereocenters. The summed E-state index contributed by atoms with van der Waals surface area (Å²) >= 11 is 0. The van der Waals surface area contributed by atoms with Crippen molar-refractivity contribution in [2.24, 2.45) is 0 Å². The molecule has 0 aliphatic carbocycles. The molecule has 0 amide bonds. The minimum Gasteiger partial charge on any atom is -0.398 e. The zero-order valence-electron chi connectivity index (χ0n) is 6.86. The molecule has 2 N–H and O–H groups in total. The molecule has 62 valence electrons. The van der Waals surface area contributed by atoms with Gasteiger partial charge in [0.15, 0.2) is 0 Å². The molecule has 3 heteroatoms. The third-order valence-electron chi connectivity index (χ3n) is 1.89. The van der Waals surface area contributed by atoms with E-state index in [1.165, 1.54) is 0 Å². The smallest absolute Gasteiger partial charge is 0.101 e. The summed E-state index contributed by atoms with van der Waals surface area (Å²) in [6.45, 7) is 0. The molecule has 2 aromatic rings. The molecule has 1 heterocycles.